The maximum atomic E-state index is 9.67. The molecule has 0 radical (unpaired) electrons. The number of anilines is 1. The molecule has 4 heteroatoms. The summed E-state index contributed by atoms with van der Waals surface area (Å²) >= 11 is 0. The maximum Gasteiger partial charge on any atom is 0.140 e. The Morgan fingerprint density at radius 1 is 1.44 bits per heavy atom. The van der Waals surface area contributed by atoms with Crippen LogP contribution in [0.4, 0.5) is 5.69 Å². The summed E-state index contributed by atoms with van der Waals surface area (Å²) in [5.74, 6) is 0.550. The molecule has 0 spiro atoms. The van der Waals surface area contributed by atoms with Gasteiger partial charge in [-0.25, -0.2) is 0 Å². The molecule has 0 aromatic heterocycles. The monoisotopic (exact) mass is 243 g/mol. The summed E-state index contributed by atoms with van der Waals surface area (Å²) in [5.41, 5.74) is 5.55. The van der Waals surface area contributed by atoms with Gasteiger partial charge < -0.3 is 10.5 Å². The molecule has 18 heavy (non-hydrogen) atoms. The van der Waals surface area contributed by atoms with Crippen molar-refractivity contribution in [3.63, 3.8) is 0 Å². The fourth-order valence-electron chi connectivity index (χ4n) is 1.82. The highest BCUT2D eigenvalue weighted by atomic mass is 16.3. The van der Waals surface area contributed by atoms with Gasteiger partial charge in [-0.05, 0) is 43.0 Å². The molecular formula is C14H17N3O. The number of nitrogens with zero attached hydrogens (tertiary/aromatic N) is 1. The Morgan fingerprint density at radius 3 is 2.94 bits per heavy atom. The second kappa shape index (κ2) is 5.04. The number of phenols is 1. The highest BCUT2D eigenvalue weighted by Gasteiger charge is 2.13. The van der Waals surface area contributed by atoms with E-state index in [1.807, 2.05) is 31.2 Å². The molecule has 0 saturated heterocycles. The molecule has 2 rings (SSSR count). The van der Waals surface area contributed by atoms with Crippen molar-refractivity contribution in [2.45, 2.75) is 20.3 Å². The molecule has 0 amide bonds. The summed E-state index contributed by atoms with van der Waals surface area (Å²) in [5, 5.41) is 21.7. The number of phenolic OH excluding ortho intramolecular Hbond substituents is 1. The van der Waals surface area contributed by atoms with E-state index in [-0.39, 0.29) is 5.75 Å². The summed E-state index contributed by atoms with van der Waals surface area (Å²) in [6, 6.07) is 5.28. The number of hydrazone groups is 1. The van der Waals surface area contributed by atoms with Gasteiger partial charge in [-0.2, -0.15) is 5.10 Å². The Hall–Kier alpha value is -2.10. The van der Waals surface area contributed by atoms with Gasteiger partial charge in [0, 0.05) is 0 Å². The van der Waals surface area contributed by atoms with Crippen LogP contribution in [0.2, 0.25) is 0 Å². The van der Waals surface area contributed by atoms with E-state index in [0.29, 0.717) is 29.4 Å². The quantitative estimate of drug-likeness (QED) is 0.552. The van der Waals surface area contributed by atoms with E-state index in [4.69, 9.17) is 5.41 Å². The minimum absolute atomic E-state index is 0.157. The highest BCUT2D eigenvalue weighted by Crippen LogP contribution is 2.24. The minimum Gasteiger partial charge on any atom is -0.506 e. The van der Waals surface area contributed by atoms with E-state index in [9.17, 15) is 5.11 Å². The summed E-state index contributed by atoms with van der Waals surface area (Å²) in [6.07, 6.45) is 4.59. The zero-order valence-corrected chi connectivity index (χ0v) is 10.6. The first-order valence-electron chi connectivity index (χ1n) is 5.95. The van der Waals surface area contributed by atoms with Gasteiger partial charge in [0.15, 0.2) is 0 Å². The predicted molar refractivity (Wildman–Crippen MR) is 74.5 cm³/mol. The number of allylic oxidation sites excluding steroid dienone is 2. The van der Waals surface area contributed by atoms with E-state index in [0.717, 1.165) is 5.56 Å². The molecule has 0 aliphatic heterocycles. The third-order valence-electron chi connectivity index (χ3n) is 2.87. The molecule has 3 N–H and O–H groups in total. The van der Waals surface area contributed by atoms with E-state index in [1.165, 1.54) is 0 Å². The van der Waals surface area contributed by atoms with Crippen LogP contribution < -0.4 is 5.43 Å². The number of hydrogen-bond acceptors (Lipinski definition) is 4. The molecule has 1 unspecified atom stereocenters. The summed E-state index contributed by atoms with van der Waals surface area (Å²) in [7, 11) is 0. The van der Waals surface area contributed by atoms with Crippen molar-refractivity contribution in [1.29, 1.82) is 5.41 Å². The van der Waals surface area contributed by atoms with Crippen LogP contribution in [0.1, 0.15) is 18.9 Å². The Morgan fingerprint density at radius 2 is 2.22 bits per heavy atom. The molecular weight excluding hydrogens is 226 g/mol. The molecule has 0 saturated carbocycles. The van der Waals surface area contributed by atoms with Gasteiger partial charge in [0.05, 0.1) is 11.4 Å². The first kappa shape index (κ1) is 12.4. The minimum atomic E-state index is 0.157. The van der Waals surface area contributed by atoms with Crippen LogP contribution in [0.5, 0.6) is 5.75 Å². The van der Waals surface area contributed by atoms with Crippen molar-refractivity contribution in [2.75, 3.05) is 5.43 Å². The molecule has 0 bridgehead atoms. The second-order valence-corrected chi connectivity index (χ2v) is 4.65. The first-order valence-corrected chi connectivity index (χ1v) is 5.95. The normalized spacial score (nSPS) is 21.3. The summed E-state index contributed by atoms with van der Waals surface area (Å²) in [4.78, 5) is 0. The van der Waals surface area contributed by atoms with Crippen LogP contribution in [0.3, 0.4) is 0 Å². The van der Waals surface area contributed by atoms with Gasteiger partial charge in [0.25, 0.3) is 0 Å². The average Bonchev–Trinajstić information content (AvgIpc) is 2.32. The van der Waals surface area contributed by atoms with Crippen molar-refractivity contribution in [1.82, 2.24) is 0 Å². The van der Waals surface area contributed by atoms with Crippen molar-refractivity contribution in [3.05, 3.63) is 35.9 Å². The Bertz CT molecular complexity index is 532. The second-order valence-electron chi connectivity index (χ2n) is 4.65. The topological polar surface area (TPSA) is 68.5 Å². The van der Waals surface area contributed by atoms with Crippen LogP contribution >= 0.6 is 0 Å². The third kappa shape index (κ3) is 2.77. The van der Waals surface area contributed by atoms with Crippen LogP contribution in [0.15, 0.2) is 35.5 Å². The van der Waals surface area contributed by atoms with Gasteiger partial charge in [0.1, 0.15) is 11.5 Å². The molecule has 4 nitrogen and oxygen atoms in total. The number of hydrogen-bond donors (Lipinski definition) is 3. The van der Waals surface area contributed by atoms with Gasteiger partial charge in [-0.1, -0.05) is 19.1 Å². The predicted octanol–water partition coefficient (Wildman–Crippen LogP) is 3.08. The molecule has 1 aliphatic carbocycles. The van der Waals surface area contributed by atoms with Crippen LogP contribution in [0, 0.1) is 18.3 Å². The number of nitrogens with one attached hydrogen (secondary N) is 2. The number of aromatic hydroxyl groups is 1. The van der Waals surface area contributed by atoms with Crippen LogP contribution in [0.25, 0.3) is 0 Å². The zero-order valence-electron chi connectivity index (χ0n) is 10.6. The van der Waals surface area contributed by atoms with Gasteiger partial charge in [0.2, 0.25) is 0 Å². The SMILES string of the molecule is Cc1ccc(O)c(NN=C2C=CC(C)CC2=N)c1. The fourth-order valence-corrected chi connectivity index (χ4v) is 1.82. The lowest BCUT2D eigenvalue weighted by Crippen LogP contribution is -2.19. The maximum absolute atomic E-state index is 9.67. The molecule has 1 aromatic carbocycles. The fraction of sp³-hybridized carbons (Fsp3) is 0.286. The molecule has 94 valence electrons. The largest absolute Gasteiger partial charge is 0.506 e. The lowest BCUT2D eigenvalue weighted by molar-refractivity contribution is 0.477. The lowest BCUT2D eigenvalue weighted by Gasteiger charge is -2.14. The van der Waals surface area contributed by atoms with Crippen molar-refractivity contribution in [2.24, 2.45) is 11.0 Å². The smallest absolute Gasteiger partial charge is 0.140 e. The van der Waals surface area contributed by atoms with Gasteiger partial charge in [-0.3, -0.25) is 5.43 Å². The van der Waals surface area contributed by atoms with Gasteiger partial charge >= 0.3 is 0 Å². The third-order valence-corrected chi connectivity index (χ3v) is 2.87. The van der Waals surface area contributed by atoms with E-state index in [1.54, 1.807) is 6.07 Å². The van der Waals surface area contributed by atoms with E-state index < -0.39 is 0 Å². The molecule has 1 aromatic rings. The Balaban J connectivity index is 2.18. The highest BCUT2D eigenvalue weighted by molar-refractivity contribution is 6.46. The average molecular weight is 243 g/mol. The van der Waals surface area contributed by atoms with E-state index in [2.05, 4.69) is 17.5 Å². The number of benzene rings is 1. The van der Waals surface area contributed by atoms with Crippen LogP contribution in [-0.2, 0) is 0 Å². The first-order chi connectivity index (χ1) is 8.56. The number of aryl methyl sites for hydroxylation is 1. The Kier molecular flexibility index (Phi) is 3.46. The molecule has 1 aliphatic rings. The molecule has 1 atom stereocenters. The molecule has 0 heterocycles. The summed E-state index contributed by atoms with van der Waals surface area (Å²) < 4.78 is 0. The standard InChI is InChI=1S/C14H17N3O/c1-9-3-5-12(11(15)7-9)16-17-13-8-10(2)4-6-14(13)18/h3-6,8-9,15,17-18H,7H2,1-2H3. The summed E-state index contributed by atoms with van der Waals surface area (Å²) in [6.45, 7) is 4.02. The Labute approximate surface area is 107 Å². The zero-order chi connectivity index (χ0) is 13.1. The lowest BCUT2D eigenvalue weighted by atomic mass is 9.95. The van der Waals surface area contributed by atoms with Gasteiger partial charge in [-0.15, -0.1) is 0 Å². The van der Waals surface area contributed by atoms with Crippen LogP contribution in [-0.4, -0.2) is 16.5 Å². The van der Waals surface area contributed by atoms with Crippen molar-refractivity contribution in [3.8, 4) is 5.75 Å². The van der Waals surface area contributed by atoms with Crippen molar-refractivity contribution >= 4 is 17.1 Å². The number of rotatable bonds is 2. The molecule has 0 fully saturated rings. The van der Waals surface area contributed by atoms with Crippen molar-refractivity contribution < 1.29 is 5.11 Å². The van der Waals surface area contributed by atoms with E-state index >= 15 is 0 Å².